The second-order valence-corrected chi connectivity index (χ2v) is 6.55. The first-order valence-electron chi connectivity index (χ1n) is 8.99. The van der Waals surface area contributed by atoms with Crippen molar-refractivity contribution in [2.24, 2.45) is 5.92 Å². The number of piperidine rings is 1. The molecule has 0 radical (unpaired) electrons. The lowest BCUT2D eigenvalue weighted by atomic mass is 9.96. The van der Waals surface area contributed by atoms with E-state index in [0.29, 0.717) is 30.2 Å². The summed E-state index contributed by atoms with van der Waals surface area (Å²) in [5.74, 6) is 0.725. The van der Waals surface area contributed by atoms with Gasteiger partial charge in [-0.2, -0.15) is 0 Å². The molecule has 0 saturated carbocycles. The fourth-order valence-corrected chi connectivity index (χ4v) is 3.25. The summed E-state index contributed by atoms with van der Waals surface area (Å²) in [6, 6.07) is 14.5. The van der Waals surface area contributed by atoms with Crippen molar-refractivity contribution in [3.63, 3.8) is 0 Å². The van der Waals surface area contributed by atoms with Gasteiger partial charge in [0.05, 0.1) is 20.1 Å². The van der Waals surface area contributed by atoms with Gasteiger partial charge in [0.1, 0.15) is 11.5 Å². The number of methoxy groups -OCH3 is 2. The molecule has 0 aliphatic carbocycles. The third-order valence-corrected chi connectivity index (χ3v) is 4.72. The van der Waals surface area contributed by atoms with Crippen LogP contribution in [0.25, 0.3) is 0 Å². The summed E-state index contributed by atoms with van der Waals surface area (Å²) in [5, 5.41) is 2.93. The highest BCUT2D eigenvalue weighted by Crippen LogP contribution is 2.26. The second kappa shape index (κ2) is 8.58. The first-order chi connectivity index (χ1) is 13.1. The third-order valence-electron chi connectivity index (χ3n) is 4.72. The molecule has 1 aliphatic heterocycles. The minimum atomic E-state index is -0.226. The van der Waals surface area contributed by atoms with Gasteiger partial charge in [0.25, 0.3) is 5.91 Å². The van der Waals surface area contributed by atoms with Gasteiger partial charge in [-0.1, -0.05) is 18.2 Å². The summed E-state index contributed by atoms with van der Waals surface area (Å²) >= 11 is 0. The maximum atomic E-state index is 12.9. The van der Waals surface area contributed by atoms with Crippen LogP contribution in [0.2, 0.25) is 0 Å². The largest absolute Gasteiger partial charge is 0.497 e. The number of anilines is 1. The van der Waals surface area contributed by atoms with Crippen LogP contribution in [-0.2, 0) is 4.79 Å². The molecule has 1 saturated heterocycles. The van der Waals surface area contributed by atoms with Gasteiger partial charge in [0.2, 0.25) is 5.91 Å². The summed E-state index contributed by atoms with van der Waals surface area (Å²) in [6.07, 6.45) is 1.56. The molecule has 2 aromatic carbocycles. The lowest BCUT2D eigenvalue weighted by Crippen LogP contribution is -2.43. The first kappa shape index (κ1) is 18.8. The van der Waals surface area contributed by atoms with Crippen LogP contribution in [0.3, 0.4) is 0 Å². The molecule has 0 bridgehead atoms. The van der Waals surface area contributed by atoms with E-state index in [1.54, 1.807) is 37.3 Å². The number of para-hydroxylation sites is 1. The maximum absolute atomic E-state index is 12.9. The number of nitrogens with zero attached hydrogens (tertiary/aromatic N) is 1. The van der Waals surface area contributed by atoms with Crippen molar-refractivity contribution in [2.75, 3.05) is 32.6 Å². The molecule has 1 atom stereocenters. The number of hydrogen-bond acceptors (Lipinski definition) is 4. The SMILES string of the molecule is COc1cc(OC)cc(C(=O)N2CCC[C@@H](C(=O)Nc3ccccc3)C2)c1. The molecule has 1 N–H and O–H groups in total. The van der Waals surface area contributed by atoms with Crippen LogP contribution in [-0.4, -0.2) is 44.0 Å². The van der Waals surface area contributed by atoms with Crippen LogP contribution in [0.5, 0.6) is 11.5 Å². The average molecular weight is 368 g/mol. The van der Waals surface area contributed by atoms with E-state index in [4.69, 9.17) is 9.47 Å². The van der Waals surface area contributed by atoms with Crippen molar-refractivity contribution in [1.82, 2.24) is 4.90 Å². The molecular formula is C21H24N2O4. The average Bonchev–Trinajstić information content (AvgIpc) is 2.73. The molecule has 0 unspecified atom stereocenters. The number of nitrogens with one attached hydrogen (secondary N) is 1. The fraction of sp³-hybridized carbons (Fsp3) is 0.333. The Hall–Kier alpha value is -3.02. The Kier molecular flexibility index (Phi) is 5.96. The van der Waals surface area contributed by atoms with Gasteiger partial charge in [-0.3, -0.25) is 9.59 Å². The molecule has 6 heteroatoms. The molecule has 3 rings (SSSR count). The zero-order valence-corrected chi connectivity index (χ0v) is 15.6. The van der Waals surface area contributed by atoms with Gasteiger partial charge in [-0.15, -0.1) is 0 Å². The molecular weight excluding hydrogens is 344 g/mol. The standard InChI is InChI=1S/C21H24N2O4/c1-26-18-11-16(12-19(13-18)27-2)21(25)23-10-6-7-15(14-23)20(24)22-17-8-4-3-5-9-17/h3-5,8-9,11-13,15H,6-7,10,14H2,1-2H3,(H,22,24)/t15-/m1/s1. The molecule has 1 aliphatic rings. The Balaban J connectivity index is 1.70. The Bertz CT molecular complexity index is 785. The molecule has 2 aromatic rings. The molecule has 1 heterocycles. The lowest BCUT2D eigenvalue weighted by molar-refractivity contribution is -0.121. The number of likely N-dealkylation sites (tertiary alicyclic amines) is 1. The topological polar surface area (TPSA) is 67.9 Å². The number of rotatable bonds is 5. The number of amides is 2. The van der Waals surface area contributed by atoms with Gasteiger partial charge in [0, 0.05) is 30.4 Å². The van der Waals surface area contributed by atoms with Crippen molar-refractivity contribution in [3.8, 4) is 11.5 Å². The minimum Gasteiger partial charge on any atom is -0.497 e. The van der Waals surface area contributed by atoms with E-state index >= 15 is 0 Å². The van der Waals surface area contributed by atoms with Gasteiger partial charge < -0.3 is 19.7 Å². The van der Waals surface area contributed by atoms with Crippen molar-refractivity contribution in [3.05, 3.63) is 54.1 Å². The number of ether oxygens (including phenoxy) is 2. The highest BCUT2D eigenvalue weighted by molar-refractivity contribution is 5.97. The van der Waals surface area contributed by atoms with Crippen LogP contribution < -0.4 is 14.8 Å². The predicted molar refractivity (Wildman–Crippen MR) is 103 cm³/mol. The molecule has 0 aromatic heterocycles. The lowest BCUT2D eigenvalue weighted by Gasteiger charge is -2.32. The monoisotopic (exact) mass is 368 g/mol. The molecule has 27 heavy (non-hydrogen) atoms. The Morgan fingerprint density at radius 3 is 2.33 bits per heavy atom. The number of benzene rings is 2. The summed E-state index contributed by atoms with van der Waals surface area (Å²) in [6.45, 7) is 1.03. The van der Waals surface area contributed by atoms with Crippen LogP contribution in [0, 0.1) is 5.92 Å². The molecule has 0 spiro atoms. The zero-order valence-electron chi connectivity index (χ0n) is 15.6. The quantitative estimate of drug-likeness (QED) is 0.880. The number of carbonyl (C=O) groups is 2. The van der Waals surface area contributed by atoms with Crippen LogP contribution >= 0.6 is 0 Å². The van der Waals surface area contributed by atoms with E-state index in [0.717, 1.165) is 18.5 Å². The zero-order chi connectivity index (χ0) is 19.2. The van der Waals surface area contributed by atoms with Gasteiger partial charge in [0.15, 0.2) is 0 Å². The Morgan fingerprint density at radius 2 is 1.70 bits per heavy atom. The van der Waals surface area contributed by atoms with E-state index in [1.165, 1.54) is 0 Å². The first-order valence-corrected chi connectivity index (χ1v) is 8.99. The highest BCUT2D eigenvalue weighted by Gasteiger charge is 2.29. The van der Waals surface area contributed by atoms with Gasteiger partial charge in [-0.25, -0.2) is 0 Å². The number of carbonyl (C=O) groups excluding carboxylic acids is 2. The van der Waals surface area contributed by atoms with E-state index in [1.807, 2.05) is 30.3 Å². The van der Waals surface area contributed by atoms with E-state index in [2.05, 4.69) is 5.32 Å². The van der Waals surface area contributed by atoms with Gasteiger partial charge >= 0.3 is 0 Å². The summed E-state index contributed by atoms with van der Waals surface area (Å²) in [7, 11) is 3.10. The van der Waals surface area contributed by atoms with Gasteiger partial charge in [-0.05, 0) is 37.1 Å². The summed E-state index contributed by atoms with van der Waals surface area (Å²) in [5.41, 5.74) is 1.26. The van der Waals surface area contributed by atoms with Crippen LogP contribution in [0.4, 0.5) is 5.69 Å². The minimum absolute atomic E-state index is 0.0538. The predicted octanol–water partition coefficient (Wildman–Crippen LogP) is 3.19. The Morgan fingerprint density at radius 1 is 1.04 bits per heavy atom. The van der Waals surface area contributed by atoms with Crippen LogP contribution in [0.15, 0.2) is 48.5 Å². The third kappa shape index (κ3) is 4.58. The summed E-state index contributed by atoms with van der Waals surface area (Å²) in [4.78, 5) is 27.3. The number of hydrogen-bond donors (Lipinski definition) is 1. The molecule has 6 nitrogen and oxygen atoms in total. The van der Waals surface area contributed by atoms with E-state index < -0.39 is 0 Å². The Labute approximate surface area is 159 Å². The molecule has 2 amide bonds. The van der Waals surface area contributed by atoms with Crippen molar-refractivity contribution in [1.29, 1.82) is 0 Å². The smallest absolute Gasteiger partial charge is 0.254 e. The maximum Gasteiger partial charge on any atom is 0.254 e. The van der Waals surface area contributed by atoms with E-state index in [-0.39, 0.29) is 17.7 Å². The summed E-state index contributed by atoms with van der Waals surface area (Å²) < 4.78 is 10.5. The second-order valence-electron chi connectivity index (χ2n) is 6.55. The molecule has 1 fully saturated rings. The highest BCUT2D eigenvalue weighted by atomic mass is 16.5. The normalized spacial score (nSPS) is 16.5. The van der Waals surface area contributed by atoms with Crippen molar-refractivity contribution < 1.29 is 19.1 Å². The van der Waals surface area contributed by atoms with Crippen molar-refractivity contribution >= 4 is 17.5 Å². The van der Waals surface area contributed by atoms with Crippen LogP contribution in [0.1, 0.15) is 23.2 Å². The fourth-order valence-electron chi connectivity index (χ4n) is 3.25. The molecule has 142 valence electrons. The van der Waals surface area contributed by atoms with Crippen molar-refractivity contribution in [2.45, 2.75) is 12.8 Å². The van der Waals surface area contributed by atoms with E-state index in [9.17, 15) is 9.59 Å².